The van der Waals surface area contributed by atoms with Gasteiger partial charge in [-0.25, -0.2) is 0 Å². The predicted octanol–water partition coefficient (Wildman–Crippen LogP) is 2.18. The van der Waals surface area contributed by atoms with Gasteiger partial charge in [0.15, 0.2) is 0 Å². The fourth-order valence-corrected chi connectivity index (χ4v) is 2.53. The molecule has 23 heavy (non-hydrogen) atoms. The van der Waals surface area contributed by atoms with E-state index in [9.17, 15) is 19.8 Å². The van der Waals surface area contributed by atoms with E-state index in [-0.39, 0.29) is 30.1 Å². The molecule has 1 atom stereocenters. The first-order valence-corrected chi connectivity index (χ1v) is 7.29. The summed E-state index contributed by atoms with van der Waals surface area (Å²) in [6, 6.07) is 7.68. The second kappa shape index (κ2) is 7.00. The van der Waals surface area contributed by atoms with E-state index in [4.69, 9.17) is 4.74 Å². The summed E-state index contributed by atoms with van der Waals surface area (Å²) in [5, 5.41) is 19.8. The molecule has 2 aromatic rings. The van der Waals surface area contributed by atoms with Crippen molar-refractivity contribution in [2.24, 2.45) is 0 Å². The molecule has 6 nitrogen and oxygen atoms in total. The molecule has 2 rings (SSSR count). The summed E-state index contributed by atoms with van der Waals surface area (Å²) in [5.74, 6) is -1.38. The van der Waals surface area contributed by atoms with Crippen LogP contribution in [0.1, 0.15) is 36.1 Å². The minimum absolute atomic E-state index is 0.0133. The zero-order valence-electron chi connectivity index (χ0n) is 13.0. The monoisotopic (exact) mass is 317 g/mol. The minimum atomic E-state index is -0.717. The van der Waals surface area contributed by atoms with Crippen LogP contribution in [0.4, 0.5) is 0 Å². The van der Waals surface area contributed by atoms with Gasteiger partial charge >= 0.3 is 5.97 Å². The maximum Gasteiger partial charge on any atom is 0.306 e. The van der Waals surface area contributed by atoms with E-state index in [1.807, 2.05) is 0 Å². The van der Waals surface area contributed by atoms with Crippen molar-refractivity contribution in [1.82, 2.24) is 4.98 Å². The summed E-state index contributed by atoms with van der Waals surface area (Å²) in [5.41, 5.74) is 0.666. The van der Waals surface area contributed by atoms with Gasteiger partial charge in [0.05, 0.1) is 18.6 Å². The summed E-state index contributed by atoms with van der Waals surface area (Å²) in [7, 11) is 0. The third kappa shape index (κ3) is 3.91. The quantitative estimate of drug-likeness (QED) is 0.734. The van der Waals surface area contributed by atoms with E-state index in [0.29, 0.717) is 11.3 Å². The molecule has 1 aromatic carbocycles. The molecule has 6 heteroatoms. The average molecular weight is 317 g/mol. The molecule has 0 aliphatic rings. The number of esters is 1. The van der Waals surface area contributed by atoms with Crippen LogP contribution in [0.25, 0.3) is 0 Å². The standard InChI is InChI=1S/C17H19NO5/c1-3-23-15(21)9-13(11-5-4-6-12(19)8-11)16-14(20)7-10(2)18-17(16)22/h4-8,13,19H,3,9H2,1-2H3,(H2,18,20,22)/t13-/m1/s1. The highest BCUT2D eigenvalue weighted by Crippen LogP contribution is 2.33. The number of phenols is 1. The zero-order chi connectivity index (χ0) is 17.0. The molecule has 0 saturated carbocycles. The number of aromatic amines is 1. The summed E-state index contributed by atoms with van der Waals surface area (Å²) in [6.07, 6.45) is -0.114. The number of aromatic hydroxyl groups is 2. The molecule has 0 radical (unpaired) electrons. The second-order valence-corrected chi connectivity index (χ2v) is 5.24. The van der Waals surface area contributed by atoms with Crippen LogP contribution in [0.2, 0.25) is 0 Å². The van der Waals surface area contributed by atoms with Gasteiger partial charge in [-0.2, -0.15) is 0 Å². The topological polar surface area (TPSA) is 99.6 Å². The summed E-state index contributed by atoms with van der Waals surface area (Å²) >= 11 is 0. The van der Waals surface area contributed by atoms with Gasteiger partial charge in [-0.15, -0.1) is 0 Å². The Morgan fingerprint density at radius 2 is 2.04 bits per heavy atom. The number of H-pyrrole nitrogens is 1. The van der Waals surface area contributed by atoms with Crippen molar-refractivity contribution in [1.29, 1.82) is 0 Å². The average Bonchev–Trinajstić information content (AvgIpc) is 2.45. The van der Waals surface area contributed by atoms with Crippen molar-refractivity contribution < 1.29 is 19.7 Å². The predicted molar refractivity (Wildman–Crippen MR) is 84.7 cm³/mol. The maximum absolute atomic E-state index is 12.3. The van der Waals surface area contributed by atoms with Gasteiger partial charge in [-0.3, -0.25) is 9.59 Å². The molecule has 0 unspecified atom stereocenters. The Morgan fingerprint density at radius 3 is 2.65 bits per heavy atom. The molecule has 122 valence electrons. The Kier molecular flexibility index (Phi) is 5.05. The van der Waals surface area contributed by atoms with Crippen LogP contribution in [0, 0.1) is 6.92 Å². The van der Waals surface area contributed by atoms with Crippen molar-refractivity contribution >= 4 is 5.97 Å². The van der Waals surface area contributed by atoms with Gasteiger partial charge in [0.2, 0.25) is 0 Å². The molecule has 0 fully saturated rings. The first-order chi connectivity index (χ1) is 10.9. The maximum atomic E-state index is 12.3. The van der Waals surface area contributed by atoms with E-state index in [1.165, 1.54) is 18.2 Å². The van der Waals surface area contributed by atoms with Crippen LogP contribution in [0.3, 0.4) is 0 Å². The number of hydrogen-bond donors (Lipinski definition) is 3. The fourth-order valence-electron chi connectivity index (χ4n) is 2.53. The molecule has 0 saturated heterocycles. The summed E-state index contributed by atoms with van der Waals surface area (Å²) in [6.45, 7) is 3.57. The Balaban J connectivity index is 2.54. The number of aryl methyl sites for hydroxylation is 1. The SMILES string of the molecule is CCOC(=O)C[C@H](c1cccc(O)c1)c1c(O)cc(C)[nH]c1=O. The van der Waals surface area contributed by atoms with Crippen LogP contribution in [-0.2, 0) is 9.53 Å². The number of pyridine rings is 1. The van der Waals surface area contributed by atoms with Crippen LogP contribution in [0.15, 0.2) is 35.1 Å². The molecule has 0 aliphatic heterocycles. The zero-order valence-corrected chi connectivity index (χ0v) is 13.0. The molecule has 1 aromatic heterocycles. The van der Waals surface area contributed by atoms with Crippen LogP contribution in [0.5, 0.6) is 11.5 Å². The van der Waals surface area contributed by atoms with E-state index in [1.54, 1.807) is 26.0 Å². The number of carbonyl (C=O) groups excluding carboxylic acids is 1. The number of benzene rings is 1. The Labute approximate surface area is 133 Å². The van der Waals surface area contributed by atoms with E-state index in [2.05, 4.69) is 4.98 Å². The van der Waals surface area contributed by atoms with Gasteiger partial charge in [0, 0.05) is 11.6 Å². The molecular weight excluding hydrogens is 298 g/mol. The highest BCUT2D eigenvalue weighted by molar-refractivity contribution is 5.71. The molecule has 0 aliphatic carbocycles. The number of carbonyl (C=O) groups is 1. The highest BCUT2D eigenvalue weighted by Gasteiger charge is 2.25. The molecule has 3 N–H and O–H groups in total. The lowest BCUT2D eigenvalue weighted by atomic mass is 9.88. The molecule has 0 spiro atoms. The van der Waals surface area contributed by atoms with Crippen molar-refractivity contribution in [3.63, 3.8) is 0 Å². The lowest BCUT2D eigenvalue weighted by Crippen LogP contribution is -2.21. The van der Waals surface area contributed by atoms with Crippen molar-refractivity contribution in [3.8, 4) is 11.5 Å². The van der Waals surface area contributed by atoms with Crippen LogP contribution < -0.4 is 5.56 Å². The van der Waals surface area contributed by atoms with Gasteiger partial charge in [-0.05, 0) is 37.6 Å². The second-order valence-electron chi connectivity index (χ2n) is 5.24. The van der Waals surface area contributed by atoms with Crippen LogP contribution >= 0.6 is 0 Å². The first kappa shape index (κ1) is 16.6. The number of ether oxygens (including phenoxy) is 1. The highest BCUT2D eigenvalue weighted by atomic mass is 16.5. The van der Waals surface area contributed by atoms with Gasteiger partial charge in [0.25, 0.3) is 5.56 Å². The van der Waals surface area contributed by atoms with Gasteiger partial charge in [0.1, 0.15) is 11.5 Å². The minimum Gasteiger partial charge on any atom is -0.508 e. The Hall–Kier alpha value is -2.76. The largest absolute Gasteiger partial charge is 0.508 e. The normalized spacial score (nSPS) is 11.9. The summed E-state index contributed by atoms with van der Waals surface area (Å²) < 4.78 is 4.95. The number of aromatic nitrogens is 1. The number of rotatable bonds is 5. The van der Waals surface area contributed by atoms with Crippen LogP contribution in [-0.4, -0.2) is 27.8 Å². The Bertz CT molecular complexity index is 766. The first-order valence-electron chi connectivity index (χ1n) is 7.29. The molecular formula is C17H19NO5. The number of nitrogens with one attached hydrogen (secondary N) is 1. The fraction of sp³-hybridized carbons (Fsp3) is 0.294. The van der Waals surface area contributed by atoms with E-state index in [0.717, 1.165) is 0 Å². The summed E-state index contributed by atoms with van der Waals surface area (Å²) in [4.78, 5) is 26.8. The molecule has 0 amide bonds. The smallest absolute Gasteiger partial charge is 0.306 e. The third-order valence-corrected chi connectivity index (χ3v) is 3.48. The van der Waals surface area contributed by atoms with Gasteiger partial charge < -0.3 is 19.9 Å². The Morgan fingerprint density at radius 1 is 1.30 bits per heavy atom. The van der Waals surface area contributed by atoms with E-state index < -0.39 is 17.4 Å². The number of hydrogen-bond acceptors (Lipinski definition) is 5. The molecule has 0 bridgehead atoms. The molecule has 1 heterocycles. The lowest BCUT2D eigenvalue weighted by molar-refractivity contribution is -0.143. The lowest BCUT2D eigenvalue weighted by Gasteiger charge is -2.18. The van der Waals surface area contributed by atoms with E-state index >= 15 is 0 Å². The third-order valence-electron chi connectivity index (χ3n) is 3.48. The van der Waals surface area contributed by atoms with Crippen molar-refractivity contribution in [3.05, 3.63) is 57.5 Å². The van der Waals surface area contributed by atoms with Crippen molar-refractivity contribution in [2.75, 3.05) is 6.61 Å². The van der Waals surface area contributed by atoms with Crippen molar-refractivity contribution in [2.45, 2.75) is 26.2 Å². The number of phenolic OH excluding ortho intramolecular Hbond substituents is 1. The van der Waals surface area contributed by atoms with Gasteiger partial charge in [-0.1, -0.05) is 12.1 Å².